The van der Waals surface area contributed by atoms with Gasteiger partial charge < -0.3 is 0 Å². The fourth-order valence-corrected chi connectivity index (χ4v) is 2.49. The first-order valence-electron chi connectivity index (χ1n) is 5.94. The van der Waals surface area contributed by atoms with Crippen molar-refractivity contribution in [3.05, 3.63) is 71.6 Å². The summed E-state index contributed by atoms with van der Waals surface area (Å²) < 4.78 is 0. The summed E-state index contributed by atoms with van der Waals surface area (Å²) in [6.07, 6.45) is 5.63. The van der Waals surface area contributed by atoms with E-state index in [9.17, 15) is 0 Å². The molecule has 0 unspecified atom stereocenters. The Morgan fingerprint density at radius 1 is 0.833 bits per heavy atom. The molecular formula is C16H10N2. The maximum absolute atomic E-state index is 4.54. The van der Waals surface area contributed by atoms with Gasteiger partial charge in [-0.15, -0.1) is 0 Å². The molecule has 2 aromatic carbocycles. The molecule has 0 amide bonds. The SMILES string of the molecule is C1=NC=C2C1=CN=C2c1cccc2ccccc12. The van der Waals surface area contributed by atoms with Crippen LogP contribution in [-0.2, 0) is 0 Å². The van der Waals surface area contributed by atoms with E-state index in [4.69, 9.17) is 0 Å². The predicted octanol–water partition coefficient (Wildman–Crippen LogP) is 3.49. The molecule has 2 aliphatic heterocycles. The third-order valence-corrected chi connectivity index (χ3v) is 3.36. The maximum Gasteiger partial charge on any atom is 0.0803 e. The van der Waals surface area contributed by atoms with E-state index in [1.54, 1.807) is 0 Å². The number of benzene rings is 2. The van der Waals surface area contributed by atoms with Crippen LogP contribution in [0.5, 0.6) is 0 Å². The van der Waals surface area contributed by atoms with Gasteiger partial charge in [0.05, 0.1) is 5.71 Å². The minimum atomic E-state index is 1.03. The lowest BCUT2D eigenvalue weighted by Gasteiger charge is -2.07. The average molecular weight is 230 g/mol. The van der Waals surface area contributed by atoms with Crippen LogP contribution >= 0.6 is 0 Å². The van der Waals surface area contributed by atoms with Crippen LogP contribution in [0.3, 0.4) is 0 Å². The minimum absolute atomic E-state index is 1.03. The molecule has 0 fully saturated rings. The molecule has 2 heteroatoms. The van der Waals surface area contributed by atoms with Crippen LogP contribution in [0.15, 0.2) is 76.0 Å². The van der Waals surface area contributed by atoms with Crippen molar-refractivity contribution in [1.29, 1.82) is 0 Å². The van der Waals surface area contributed by atoms with Gasteiger partial charge in [-0.2, -0.15) is 0 Å². The van der Waals surface area contributed by atoms with E-state index >= 15 is 0 Å². The molecule has 0 atom stereocenters. The third-order valence-electron chi connectivity index (χ3n) is 3.36. The summed E-state index contributed by atoms with van der Waals surface area (Å²) in [5, 5.41) is 2.48. The Hall–Kier alpha value is -2.48. The van der Waals surface area contributed by atoms with E-state index in [1.807, 2.05) is 18.6 Å². The zero-order valence-electron chi connectivity index (χ0n) is 9.67. The molecule has 2 aromatic rings. The predicted molar refractivity (Wildman–Crippen MR) is 75.1 cm³/mol. The van der Waals surface area contributed by atoms with Gasteiger partial charge in [0, 0.05) is 35.3 Å². The molecule has 0 bridgehead atoms. The van der Waals surface area contributed by atoms with Crippen LogP contribution < -0.4 is 0 Å². The maximum atomic E-state index is 4.54. The highest BCUT2D eigenvalue weighted by Gasteiger charge is 2.21. The first-order valence-corrected chi connectivity index (χ1v) is 5.94. The van der Waals surface area contributed by atoms with Gasteiger partial charge in [-0.25, -0.2) is 0 Å². The van der Waals surface area contributed by atoms with Crippen molar-refractivity contribution in [3.8, 4) is 0 Å². The molecule has 0 spiro atoms. The highest BCUT2D eigenvalue weighted by molar-refractivity contribution is 6.26. The van der Waals surface area contributed by atoms with Crippen molar-refractivity contribution in [2.45, 2.75) is 0 Å². The second kappa shape index (κ2) is 3.50. The van der Waals surface area contributed by atoms with Gasteiger partial charge in [0.15, 0.2) is 0 Å². The van der Waals surface area contributed by atoms with Gasteiger partial charge in [0.25, 0.3) is 0 Å². The Balaban J connectivity index is 1.95. The van der Waals surface area contributed by atoms with E-state index in [1.165, 1.54) is 16.3 Å². The summed E-state index contributed by atoms with van der Waals surface area (Å²) in [6.45, 7) is 0. The van der Waals surface area contributed by atoms with Crippen LogP contribution in [0.4, 0.5) is 0 Å². The Kier molecular flexibility index (Phi) is 1.86. The van der Waals surface area contributed by atoms with Crippen LogP contribution in [-0.4, -0.2) is 11.9 Å². The van der Waals surface area contributed by atoms with Crippen LogP contribution in [0.25, 0.3) is 10.8 Å². The van der Waals surface area contributed by atoms with Gasteiger partial charge >= 0.3 is 0 Å². The quantitative estimate of drug-likeness (QED) is 0.716. The highest BCUT2D eigenvalue weighted by Crippen LogP contribution is 2.29. The Morgan fingerprint density at radius 3 is 2.72 bits per heavy atom. The topological polar surface area (TPSA) is 24.7 Å². The fraction of sp³-hybridized carbons (Fsp3) is 0. The van der Waals surface area contributed by atoms with E-state index < -0.39 is 0 Å². The van der Waals surface area contributed by atoms with Crippen LogP contribution in [0.1, 0.15) is 5.56 Å². The van der Waals surface area contributed by atoms with Crippen LogP contribution in [0, 0.1) is 0 Å². The van der Waals surface area contributed by atoms with Crippen molar-refractivity contribution in [2.24, 2.45) is 9.98 Å². The number of hydrogen-bond acceptors (Lipinski definition) is 2. The van der Waals surface area contributed by atoms with E-state index in [0.717, 1.165) is 16.9 Å². The molecule has 0 radical (unpaired) electrons. The largest absolute Gasteiger partial charge is 0.263 e. The smallest absolute Gasteiger partial charge is 0.0803 e. The summed E-state index contributed by atoms with van der Waals surface area (Å²) in [6, 6.07) is 14.7. The summed E-state index contributed by atoms with van der Waals surface area (Å²) >= 11 is 0. The monoisotopic (exact) mass is 230 g/mol. The number of nitrogens with zero attached hydrogens (tertiary/aromatic N) is 2. The highest BCUT2D eigenvalue weighted by atomic mass is 14.8. The number of aliphatic imine (C=N–C) groups is 2. The van der Waals surface area contributed by atoms with Gasteiger partial charge in [-0.05, 0) is 10.8 Å². The number of hydrogen-bond donors (Lipinski definition) is 0. The lowest BCUT2D eigenvalue weighted by molar-refractivity contribution is 1.57. The number of fused-ring (bicyclic) bond motifs is 2. The van der Waals surface area contributed by atoms with E-state index in [0.29, 0.717) is 0 Å². The first kappa shape index (κ1) is 9.54. The van der Waals surface area contributed by atoms with E-state index in [2.05, 4.69) is 52.4 Å². The van der Waals surface area contributed by atoms with Crippen molar-refractivity contribution in [1.82, 2.24) is 0 Å². The molecule has 2 aliphatic rings. The molecule has 84 valence electrons. The Morgan fingerprint density at radius 2 is 1.72 bits per heavy atom. The molecule has 2 nitrogen and oxygen atoms in total. The fourth-order valence-electron chi connectivity index (χ4n) is 2.49. The zero-order valence-corrected chi connectivity index (χ0v) is 9.67. The molecule has 0 aromatic heterocycles. The van der Waals surface area contributed by atoms with Gasteiger partial charge in [-0.3, -0.25) is 9.98 Å². The molecule has 0 saturated carbocycles. The lowest BCUT2D eigenvalue weighted by atomic mass is 9.96. The summed E-state index contributed by atoms with van der Waals surface area (Å²) in [7, 11) is 0. The standard InChI is InChI=1S/C16H10N2/c1-2-6-13-11(4-1)5-3-7-14(13)16-15-10-17-8-12(15)9-18-16/h1-10H. The van der Waals surface area contributed by atoms with Gasteiger partial charge in [0.2, 0.25) is 0 Å². The molecule has 18 heavy (non-hydrogen) atoms. The number of rotatable bonds is 1. The average Bonchev–Trinajstić information content (AvgIpc) is 3.01. The number of allylic oxidation sites excluding steroid dienone is 2. The van der Waals surface area contributed by atoms with Crippen molar-refractivity contribution >= 4 is 22.7 Å². The minimum Gasteiger partial charge on any atom is -0.263 e. The van der Waals surface area contributed by atoms with Crippen molar-refractivity contribution in [3.63, 3.8) is 0 Å². The summed E-state index contributed by atoms with van der Waals surface area (Å²) in [4.78, 5) is 8.72. The molecule has 0 saturated heterocycles. The lowest BCUT2D eigenvalue weighted by Crippen LogP contribution is -2.02. The molecule has 0 N–H and O–H groups in total. The zero-order chi connectivity index (χ0) is 11.9. The molecular weight excluding hydrogens is 220 g/mol. The second-order valence-corrected chi connectivity index (χ2v) is 4.41. The molecule has 0 aliphatic carbocycles. The normalized spacial score (nSPS) is 16.6. The molecule has 4 rings (SSSR count). The summed E-state index contributed by atoms with van der Waals surface area (Å²) in [5.41, 5.74) is 4.44. The van der Waals surface area contributed by atoms with Crippen molar-refractivity contribution in [2.75, 3.05) is 0 Å². The van der Waals surface area contributed by atoms with Gasteiger partial charge in [0.1, 0.15) is 0 Å². The Labute approximate surface area is 105 Å². The van der Waals surface area contributed by atoms with E-state index in [-0.39, 0.29) is 0 Å². The second-order valence-electron chi connectivity index (χ2n) is 4.41. The van der Waals surface area contributed by atoms with Crippen molar-refractivity contribution < 1.29 is 0 Å². The first-order chi connectivity index (χ1) is 8.93. The summed E-state index contributed by atoms with van der Waals surface area (Å²) in [5.74, 6) is 0. The third kappa shape index (κ3) is 1.23. The van der Waals surface area contributed by atoms with Crippen LogP contribution in [0.2, 0.25) is 0 Å². The Bertz CT molecular complexity index is 771. The van der Waals surface area contributed by atoms with Gasteiger partial charge in [-0.1, -0.05) is 42.5 Å². The molecule has 2 heterocycles.